The third-order valence-corrected chi connectivity index (χ3v) is 6.20. The summed E-state index contributed by atoms with van der Waals surface area (Å²) >= 11 is 0. The van der Waals surface area contributed by atoms with Crippen LogP contribution in [-0.4, -0.2) is 13.0 Å². The molecule has 4 aromatic rings. The predicted molar refractivity (Wildman–Crippen MR) is 145 cm³/mol. The molecular weight excluding hydrogens is 446 g/mol. The molecule has 0 spiro atoms. The first-order chi connectivity index (χ1) is 17.3. The van der Waals surface area contributed by atoms with Gasteiger partial charge in [0.25, 0.3) is 5.91 Å². The summed E-state index contributed by atoms with van der Waals surface area (Å²) in [7, 11) is 1.62. The second-order valence-electron chi connectivity index (χ2n) is 9.82. The lowest BCUT2D eigenvalue weighted by Crippen LogP contribution is -2.29. The highest BCUT2D eigenvalue weighted by Crippen LogP contribution is 2.27. The van der Waals surface area contributed by atoms with Gasteiger partial charge in [-0.1, -0.05) is 93.6 Å². The molecule has 0 fully saturated rings. The third kappa shape index (κ3) is 6.14. The molecule has 0 aromatic heterocycles. The van der Waals surface area contributed by atoms with Crippen LogP contribution < -0.4 is 14.8 Å². The van der Waals surface area contributed by atoms with Crippen molar-refractivity contribution in [1.82, 2.24) is 5.32 Å². The summed E-state index contributed by atoms with van der Waals surface area (Å²) in [5.41, 5.74) is 4.73. The highest BCUT2D eigenvalue weighted by molar-refractivity contribution is 5.95. The number of benzene rings is 4. The van der Waals surface area contributed by atoms with Crippen molar-refractivity contribution in [1.29, 1.82) is 0 Å². The first-order valence-corrected chi connectivity index (χ1v) is 12.2. The maximum Gasteiger partial charge on any atom is 0.252 e. The Kier molecular flexibility index (Phi) is 7.74. The van der Waals surface area contributed by atoms with E-state index < -0.39 is 0 Å². The molecular formula is C32H33NO3. The Morgan fingerprint density at radius 1 is 0.806 bits per heavy atom. The highest BCUT2D eigenvalue weighted by Gasteiger charge is 2.19. The molecule has 0 radical (unpaired) electrons. The molecule has 0 bridgehead atoms. The van der Waals surface area contributed by atoms with E-state index in [0.717, 1.165) is 22.4 Å². The lowest BCUT2D eigenvalue weighted by molar-refractivity contribution is 0.0942. The van der Waals surface area contributed by atoms with Crippen molar-refractivity contribution in [2.75, 3.05) is 7.11 Å². The van der Waals surface area contributed by atoms with Gasteiger partial charge in [-0.2, -0.15) is 0 Å². The predicted octanol–water partition coefficient (Wildman–Crippen LogP) is 7.09. The Balaban J connectivity index is 1.53. The van der Waals surface area contributed by atoms with E-state index >= 15 is 0 Å². The molecule has 0 aliphatic heterocycles. The topological polar surface area (TPSA) is 47.6 Å². The van der Waals surface area contributed by atoms with Crippen LogP contribution in [0.15, 0.2) is 103 Å². The standard InChI is InChI=1S/C32H33NO3/c1-32(2,3)27-16-18-28(19-17-27)36-22-26-21-25(15-20-29(26)35-4)31(34)33-30(23-11-7-5-8-12-23)24-13-9-6-10-14-24/h5-21,30H,22H2,1-4H3,(H,33,34). The number of carbonyl (C=O) groups excluding carboxylic acids is 1. The van der Waals surface area contributed by atoms with Crippen molar-refractivity contribution < 1.29 is 14.3 Å². The van der Waals surface area contributed by atoms with Crippen LogP contribution in [0.3, 0.4) is 0 Å². The third-order valence-electron chi connectivity index (χ3n) is 6.20. The summed E-state index contributed by atoms with van der Waals surface area (Å²) < 4.78 is 11.6. The molecule has 0 saturated heterocycles. The van der Waals surface area contributed by atoms with E-state index in [1.165, 1.54) is 5.56 Å². The van der Waals surface area contributed by atoms with Crippen LogP contribution >= 0.6 is 0 Å². The van der Waals surface area contributed by atoms with E-state index in [9.17, 15) is 4.79 Å². The number of hydrogen-bond donors (Lipinski definition) is 1. The van der Waals surface area contributed by atoms with Gasteiger partial charge in [0.15, 0.2) is 0 Å². The lowest BCUT2D eigenvalue weighted by Gasteiger charge is -2.20. The minimum absolute atomic E-state index is 0.0841. The van der Waals surface area contributed by atoms with E-state index in [0.29, 0.717) is 17.9 Å². The smallest absolute Gasteiger partial charge is 0.252 e. The number of amides is 1. The fraction of sp³-hybridized carbons (Fsp3) is 0.219. The lowest BCUT2D eigenvalue weighted by atomic mass is 9.87. The van der Waals surface area contributed by atoms with Gasteiger partial charge < -0.3 is 14.8 Å². The van der Waals surface area contributed by atoms with Crippen molar-refractivity contribution >= 4 is 5.91 Å². The van der Waals surface area contributed by atoms with Crippen molar-refractivity contribution in [2.24, 2.45) is 0 Å². The van der Waals surface area contributed by atoms with Gasteiger partial charge in [-0.15, -0.1) is 0 Å². The second-order valence-corrected chi connectivity index (χ2v) is 9.82. The van der Waals surface area contributed by atoms with Gasteiger partial charge in [0.2, 0.25) is 0 Å². The van der Waals surface area contributed by atoms with Gasteiger partial charge in [-0.3, -0.25) is 4.79 Å². The minimum Gasteiger partial charge on any atom is -0.496 e. The largest absolute Gasteiger partial charge is 0.496 e. The average molecular weight is 480 g/mol. The zero-order chi connectivity index (χ0) is 25.5. The monoisotopic (exact) mass is 479 g/mol. The number of rotatable bonds is 8. The van der Waals surface area contributed by atoms with Crippen LogP contribution in [0.5, 0.6) is 11.5 Å². The molecule has 0 saturated carbocycles. The number of hydrogen-bond acceptors (Lipinski definition) is 3. The van der Waals surface area contributed by atoms with Crippen LogP contribution in [0.25, 0.3) is 0 Å². The average Bonchev–Trinajstić information content (AvgIpc) is 2.91. The first kappa shape index (κ1) is 25.1. The van der Waals surface area contributed by atoms with Gasteiger partial charge in [0.05, 0.1) is 13.2 Å². The van der Waals surface area contributed by atoms with Crippen molar-refractivity contribution in [3.8, 4) is 11.5 Å². The van der Waals surface area contributed by atoms with E-state index in [-0.39, 0.29) is 17.4 Å². The summed E-state index contributed by atoms with van der Waals surface area (Å²) in [6, 6.07) is 33.3. The molecule has 0 aliphatic carbocycles. The second kappa shape index (κ2) is 11.1. The number of nitrogens with one attached hydrogen (secondary N) is 1. The zero-order valence-electron chi connectivity index (χ0n) is 21.3. The van der Waals surface area contributed by atoms with Gasteiger partial charge in [-0.05, 0) is 52.4 Å². The van der Waals surface area contributed by atoms with Crippen LogP contribution in [0.4, 0.5) is 0 Å². The summed E-state index contributed by atoms with van der Waals surface area (Å²) in [5, 5.41) is 3.20. The fourth-order valence-electron chi connectivity index (χ4n) is 4.11. The molecule has 4 rings (SSSR count). The molecule has 0 atom stereocenters. The molecule has 0 unspecified atom stereocenters. The van der Waals surface area contributed by atoms with Crippen molar-refractivity contribution in [3.63, 3.8) is 0 Å². The van der Waals surface area contributed by atoms with E-state index in [1.807, 2.05) is 84.9 Å². The van der Waals surface area contributed by atoms with Crippen LogP contribution in [0.1, 0.15) is 59.4 Å². The number of carbonyl (C=O) groups is 1. The van der Waals surface area contributed by atoms with Crippen LogP contribution in [0, 0.1) is 0 Å². The van der Waals surface area contributed by atoms with E-state index in [2.05, 4.69) is 38.2 Å². The van der Waals surface area contributed by atoms with E-state index in [1.54, 1.807) is 13.2 Å². The summed E-state index contributed by atoms with van der Waals surface area (Å²) in [6.45, 7) is 6.85. The van der Waals surface area contributed by atoms with Crippen molar-refractivity contribution in [2.45, 2.75) is 38.8 Å². The Hall–Kier alpha value is -4.05. The summed E-state index contributed by atoms with van der Waals surface area (Å²) in [4.78, 5) is 13.4. The molecule has 0 aliphatic rings. The summed E-state index contributed by atoms with van der Waals surface area (Å²) in [6.07, 6.45) is 0. The maximum atomic E-state index is 13.4. The minimum atomic E-state index is -0.261. The quantitative estimate of drug-likeness (QED) is 0.293. The summed E-state index contributed by atoms with van der Waals surface area (Å²) in [5.74, 6) is 1.29. The molecule has 184 valence electrons. The molecule has 1 amide bonds. The van der Waals surface area contributed by atoms with Crippen LogP contribution in [-0.2, 0) is 12.0 Å². The number of ether oxygens (including phenoxy) is 2. The Labute approximate surface area is 213 Å². The zero-order valence-corrected chi connectivity index (χ0v) is 21.3. The van der Waals surface area contributed by atoms with Gasteiger partial charge in [0.1, 0.15) is 18.1 Å². The Morgan fingerprint density at radius 2 is 1.39 bits per heavy atom. The van der Waals surface area contributed by atoms with Crippen molar-refractivity contribution in [3.05, 3.63) is 131 Å². The molecule has 1 N–H and O–H groups in total. The van der Waals surface area contributed by atoms with E-state index in [4.69, 9.17) is 9.47 Å². The van der Waals surface area contributed by atoms with Gasteiger partial charge in [0, 0.05) is 11.1 Å². The molecule has 4 nitrogen and oxygen atoms in total. The SMILES string of the molecule is COc1ccc(C(=O)NC(c2ccccc2)c2ccccc2)cc1COc1ccc(C(C)(C)C)cc1. The Bertz CT molecular complexity index is 1240. The number of methoxy groups -OCH3 is 1. The maximum absolute atomic E-state index is 13.4. The Morgan fingerprint density at radius 3 is 1.92 bits per heavy atom. The van der Waals surface area contributed by atoms with Gasteiger partial charge in [-0.25, -0.2) is 0 Å². The van der Waals surface area contributed by atoms with Gasteiger partial charge >= 0.3 is 0 Å². The molecule has 0 heterocycles. The van der Waals surface area contributed by atoms with Crippen LogP contribution in [0.2, 0.25) is 0 Å². The molecule has 4 heteroatoms. The highest BCUT2D eigenvalue weighted by atomic mass is 16.5. The first-order valence-electron chi connectivity index (χ1n) is 12.2. The molecule has 4 aromatic carbocycles. The normalized spacial score (nSPS) is 11.2. The fourth-order valence-corrected chi connectivity index (χ4v) is 4.11. The molecule has 36 heavy (non-hydrogen) atoms.